The van der Waals surface area contributed by atoms with Gasteiger partial charge in [0.1, 0.15) is 11.5 Å². The number of rotatable bonds is 9. The Morgan fingerprint density at radius 1 is 1.00 bits per heavy atom. The average Bonchev–Trinajstić information content (AvgIpc) is 3.45. The maximum absolute atomic E-state index is 11.1. The third kappa shape index (κ3) is 5.75. The number of benzene rings is 2. The van der Waals surface area contributed by atoms with E-state index >= 15 is 0 Å². The smallest absolute Gasteiger partial charge is 0.267 e. The molecule has 0 spiro atoms. The molecule has 0 aliphatic carbocycles. The summed E-state index contributed by atoms with van der Waals surface area (Å²) in [4.78, 5) is 13.5. The van der Waals surface area contributed by atoms with Crippen LogP contribution in [0, 0.1) is 0 Å². The second-order valence-corrected chi connectivity index (χ2v) is 7.25. The fraction of sp³-hybridized carbons (Fsp3) is 0.208. The first kappa shape index (κ1) is 20.7. The molecule has 0 saturated carbocycles. The molecule has 2 aromatic carbocycles. The number of carbonyl (C=O) groups is 1. The number of nitrogens with one attached hydrogen (secondary N) is 1. The van der Waals surface area contributed by atoms with Crippen molar-refractivity contribution in [3.8, 4) is 11.5 Å². The van der Waals surface area contributed by atoms with Gasteiger partial charge in [0.25, 0.3) is 5.91 Å². The number of fused-ring (bicyclic) bond motifs is 1. The number of hydrogen-bond acceptors (Lipinski definition) is 6. The number of hydroxylamine groups is 1. The van der Waals surface area contributed by atoms with E-state index in [1.165, 1.54) is 23.3 Å². The molecular weight excluding hydrogens is 396 g/mol. The molecule has 2 N–H and O–H groups in total. The molecule has 7 heteroatoms. The van der Waals surface area contributed by atoms with E-state index in [0.717, 1.165) is 36.8 Å². The van der Waals surface area contributed by atoms with Crippen LogP contribution >= 0.6 is 0 Å². The third-order valence-corrected chi connectivity index (χ3v) is 4.97. The summed E-state index contributed by atoms with van der Waals surface area (Å²) in [5, 5.41) is 8.58. The molecule has 31 heavy (non-hydrogen) atoms. The third-order valence-electron chi connectivity index (χ3n) is 4.97. The van der Waals surface area contributed by atoms with Gasteiger partial charge in [-0.1, -0.05) is 36.4 Å². The van der Waals surface area contributed by atoms with Crippen LogP contribution in [-0.2, 0) is 24.3 Å². The van der Waals surface area contributed by atoms with Gasteiger partial charge in [0.05, 0.1) is 6.54 Å². The van der Waals surface area contributed by atoms with Crippen molar-refractivity contribution in [2.24, 2.45) is 0 Å². The van der Waals surface area contributed by atoms with Gasteiger partial charge in [0.15, 0.2) is 11.5 Å². The monoisotopic (exact) mass is 420 g/mol. The van der Waals surface area contributed by atoms with Crippen LogP contribution in [0.2, 0.25) is 0 Å². The van der Waals surface area contributed by atoms with Crippen molar-refractivity contribution in [1.82, 2.24) is 10.4 Å². The van der Waals surface area contributed by atoms with Gasteiger partial charge in [0.2, 0.25) is 6.79 Å². The van der Waals surface area contributed by atoms with Gasteiger partial charge >= 0.3 is 0 Å². The summed E-state index contributed by atoms with van der Waals surface area (Å²) in [6.45, 7) is 2.51. The van der Waals surface area contributed by atoms with Crippen LogP contribution in [-0.4, -0.2) is 29.4 Å². The number of ether oxygens (including phenoxy) is 2. The maximum atomic E-state index is 11.1. The van der Waals surface area contributed by atoms with E-state index in [4.69, 9.17) is 19.1 Å². The Morgan fingerprint density at radius 2 is 1.84 bits per heavy atom. The molecule has 0 atom stereocenters. The molecule has 0 radical (unpaired) electrons. The average molecular weight is 420 g/mol. The van der Waals surface area contributed by atoms with Crippen molar-refractivity contribution in [3.05, 3.63) is 89.4 Å². The van der Waals surface area contributed by atoms with Crippen LogP contribution in [0.1, 0.15) is 22.6 Å². The summed E-state index contributed by atoms with van der Waals surface area (Å²) in [7, 11) is 0. The van der Waals surface area contributed by atoms with E-state index in [-0.39, 0.29) is 6.79 Å². The minimum absolute atomic E-state index is 0.272. The molecule has 0 bridgehead atoms. The lowest BCUT2D eigenvalue weighted by Gasteiger charge is -2.21. The standard InChI is InChI=1S/C24H24N2O5/c27-24(25-28)11-9-20-7-8-21(31-20)16-26(15-19-4-2-1-3-5-19)13-12-18-6-10-22-23(14-18)30-17-29-22/h1-11,14,28H,12-13,15-17H2,(H,25,27)/b11-9+. The molecule has 2 heterocycles. The van der Waals surface area contributed by atoms with Gasteiger partial charge in [-0.05, 0) is 47.9 Å². The van der Waals surface area contributed by atoms with Crippen molar-refractivity contribution in [3.63, 3.8) is 0 Å². The number of hydrogen-bond donors (Lipinski definition) is 2. The summed E-state index contributed by atoms with van der Waals surface area (Å²) >= 11 is 0. The summed E-state index contributed by atoms with van der Waals surface area (Å²) in [6.07, 6.45) is 3.58. The van der Waals surface area contributed by atoms with Crippen LogP contribution in [0.3, 0.4) is 0 Å². The van der Waals surface area contributed by atoms with Crippen LogP contribution < -0.4 is 15.0 Å². The predicted octanol–water partition coefficient (Wildman–Crippen LogP) is 3.77. The van der Waals surface area contributed by atoms with E-state index in [2.05, 4.69) is 23.1 Å². The maximum Gasteiger partial charge on any atom is 0.267 e. The highest BCUT2D eigenvalue weighted by Crippen LogP contribution is 2.32. The molecule has 160 valence electrons. The van der Waals surface area contributed by atoms with Gasteiger partial charge in [-0.3, -0.25) is 14.9 Å². The summed E-state index contributed by atoms with van der Waals surface area (Å²) in [5.74, 6) is 2.32. The lowest BCUT2D eigenvalue weighted by molar-refractivity contribution is -0.124. The largest absolute Gasteiger partial charge is 0.460 e. The Balaban J connectivity index is 1.43. The van der Waals surface area contributed by atoms with Crippen LogP contribution in [0.25, 0.3) is 6.08 Å². The van der Waals surface area contributed by atoms with Crippen molar-refractivity contribution >= 4 is 12.0 Å². The molecule has 1 amide bonds. The Morgan fingerprint density at radius 3 is 2.68 bits per heavy atom. The number of nitrogens with zero attached hydrogens (tertiary/aromatic N) is 1. The SMILES string of the molecule is O=C(/C=C/c1ccc(CN(CCc2ccc3c(c2)OCO3)Cc2ccccc2)o1)NO. The highest BCUT2D eigenvalue weighted by Gasteiger charge is 2.15. The molecule has 3 aromatic rings. The number of amides is 1. The lowest BCUT2D eigenvalue weighted by atomic mass is 10.1. The first-order valence-corrected chi connectivity index (χ1v) is 10.1. The molecule has 1 aliphatic heterocycles. The van der Waals surface area contributed by atoms with Gasteiger partial charge in [-0.2, -0.15) is 0 Å². The number of furan rings is 1. The normalized spacial score (nSPS) is 12.6. The molecular formula is C24H24N2O5. The fourth-order valence-electron chi connectivity index (χ4n) is 3.42. The highest BCUT2D eigenvalue weighted by molar-refractivity contribution is 5.90. The highest BCUT2D eigenvalue weighted by atomic mass is 16.7. The minimum Gasteiger partial charge on any atom is -0.460 e. The zero-order valence-corrected chi connectivity index (χ0v) is 17.0. The van der Waals surface area contributed by atoms with E-state index in [1.807, 2.05) is 36.4 Å². The topological polar surface area (TPSA) is 84.2 Å². The fourth-order valence-corrected chi connectivity index (χ4v) is 3.42. The zero-order chi connectivity index (χ0) is 21.5. The molecule has 1 aliphatic rings. The Kier molecular flexibility index (Phi) is 6.66. The zero-order valence-electron chi connectivity index (χ0n) is 17.0. The molecule has 1 aromatic heterocycles. The second-order valence-electron chi connectivity index (χ2n) is 7.25. The molecule has 4 rings (SSSR count). The van der Waals surface area contributed by atoms with E-state index < -0.39 is 5.91 Å². The van der Waals surface area contributed by atoms with Gasteiger partial charge in [-0.25, -0.2) is 5.48 Å². The first-order valence-electron chi connectivity index (χ1n) is 10.1. The van der Waals surface area contributed by atoms with Crippen LogP contribution in [0.5, 0.6) is 11.5 Å². The Bertz CT molecular complexity index is 1050. The minimum atomic E-state index is -0.604. The second kappa shape index (κ2) is 9.97. The quantitative estimate of drug-likeness (QED) is 0.311. The molecule has 0 unspecified atom stereocenters. The molecule has 7 nitrogen and oxygen atoms in total. The van der Waals surface area contributed by atoms with Gasteiger partial charge in [0, 0.05) is 19.2 Å². The van der Waals surface area contributed by atoms with Crippen LogP contribution in [0.4, 0.5) is 0 Å². The molecule has 0 fully saturated rings. The Labute approximate surface area is 180 Å². The van der Waals surface area contributed by atoms with Crippen molar-refractivity contribution < 1.29 is 23.9 Å². The Hall–Kier alpha value is -3.55. The summed E-state index contributed by atoms with van der Waals surface area (Å²) in [6, 6.07) is 20.0. The van der Waals surface area contributed by atoms with Crippen molar-refractivity contribution in [2.75, 3.05) is 13.3 Å². The van der Waals surface area contributed by atoms with Gasteiger partial charge in [-0.15, -0.1) is 0 Å². The van der Waals surface area contributed by atoms with Crippen LogP contribution in [0.15, 0.2) is 71.2 Å². The predicted molar refractivity (Wildman–Crippen MR) is 114 cm³/mol. The van der Waals surface area contributed by atoms with E-state index in [1.54, 1.807) is 11.5 Å². The van der Waals surface area contributed by atoms with Crippen molar-refractivity contribution in [2.45, 2.75) is 19.5 Å². The number of carbonyl (C=O) groups excluding carboxylic acids is 1. The lowest BCUT2D eigenvalue weighted by Crippen LogP contribution is -2.25. The first-order chi connectivity index (χ1) is 15.2. The van der Waals surface area contributed by atoms with Crippen molar-refractivity contribution in [1.29, 1.82) is 0 Å². The van der Waals surface area contributed by atoms with E-state index in [9.17, 15) is 4.79 Å². The van der Waals surface area contributed by atoms with Gasteiger partial charge < -0.3 is 13.9 Å². The van der Waals surface area contributed by atoms with E-state index in [0.29, 0.717) is 12.3 Å². The summed E-state index contributed by atoms with van der Waals surface area (Å²) < 4.78 is 16.7. The molecule has 0 saturated heterocycles. The summed E-state index contributed by atoms with van der Waals surface area (Å²) in [5.41, 5.74) is 3.96.